The Kier molecular flexibility index (Phi) is 15.3. The van der Waals surface area contributed by atoms with Crippen molar-refractivity contribution in [1.82, 2.24) is 15.5 Å². The van der Waals surface area contributed by atoms with Crippen molar-refractivity contribution in [2.24, 2.45) is 17.3 Å². The molecule has 5 atom stereocenters. The van der Waals surface area contributed by atoms with Crippen LogP contribution in [0.3, 0.4) is 0 Å². The fraction of sp³-hybridized carbons (Fsp3) is 0.793. The minimum atomic E-state index is -0.133. The summed E-state index contributed by atoms with van der Waals surface area (Å²) in [5.41, 5.74) is 1.48. The highest BCUT2D eigenvalue weighted by atomic mass is 32.1. The number of fused-ring (bicyclic) bond motifs is 1. The topological polar surface area (TPSA) is 53.6 Å². The first-order valence-electron chi connectivity index (χ1n) is 13.7. The molecule has 0 aromatic heterocycles. The van der Waals surface area contributed by atoms with Gasteiger partial charge in [0, 0.05) is 42.9 Å². The van der Waals surface area contributed by atoms with Crippen molar-refractivity contribution in [2.75, 3.05) is 26.7 Å². The van der Waals surface area contributed by atoms with Gasteiger partial charge in [0.05, 0.1) is 17.7 Å². The Hall–Kier alpha value is -1.31. The lowest BCUT2D eigenvalue weighted by molar-refractivity contribution is -0.120. The van der Waals surface area contributed by atoms with E-state index in [1.54, 1.807) is 17.6 Å². The number of halogens is 1. The first-order chi connectivity index (χ1) is 16.8. The Morgan fingerprint density at radius 1 is 1.31 bits per heavy atom. The number of carbonyl (C=O) groups excluding carboxylic acids is 1. The summed E-state index contributed by atoms with van der Waals surface area (Å²) < 4.78 is 19.8. The fourth-order valence-electron chi connectivity index (χ4n) is 5.43. The lowest BCUT2D eigenvalue weighted by Gasteiger charge is -2.52. The normalized spacial score (nSPS) is 26.7. The largest absolute Gasteiger partial charge is 0.380 e. The number of carbonyl (C=O) groups is 1. The summed E-state index contributed by atoms with van der Waals surface area (Å²) in [7, 11) is 2.17. The predicted octanol–water partition coefficient (Wildman–Crippen LogP) is 6.44. The van der Waals surface area contributed by atoms with Gasteiger partial charge >= 0.3 is 0 Å². The van der Waals surface area contributed by atoms with Gasteiger partial charge in [-0.3, -0.25) is 4.79 Å². The molecule has 2 N–H and O–H groups in total. The number of amides is 1. The van der Waals surface area contributed by atoms with E-state index >= 15 is 0 Å². The first-order valence-corrected chi connectivity index (χ1v) is 14.2. The third kappa shape index (κ3) is 10.6. The second-order valence-corrected chi connectivity index (χ2v) is 11.3. The maximum atomic E-state index is 13.6. The van der Waals surface area contributed by atoms with Crippen LogP contribution < -0.4 is 10.6 Å². The summed E-state index contributed by atoms with van der Waals surface area (Å²) in [4.78, 5) is 12.7. The number of allylic oxidation sites excluding steroid dienone is 2. The molecule has 0 aromatic rings. The average molecular weight is 528 g/mol. The molecule has 0 radical (unpaired) electrons. The lowest BCUT2D eigenvalue weighted by Crippen LogP contribution is -2.55. The van der Waals surface area contributed by atoms with Crippen LogP contribution in [0.25, 0.3) is 0 Å². The lowest BCUT2D eigenvalue weighted by atomic mass is 9.51. The first kappa shape index (κ1) is 34.7. The molecule has 0 aromatic carbocycles. The third-order valence-electron chi connectivity index (χ3n) is 6.54. The number of hydrogen-bond donors (Lipinski definition) is 2. The Labute approximate surface area is 226 Å². The summed E-state index contributed by atoms with van der Waals surface area (Å²) in [5, 5.41) is 5.92. The molecule has 36 heavy (non-hydrogen) atoms. The Balaban J connectivity index is 0.000000866. The molecule has 1 spiro atoms. The quantitative estimate of drug-likeness (QED) is 0.338. The van der Waals surface area contributed by atoms with E-state index in [2.05, 4.69) is 36.4 Å². The number of thiocarbonyl (C=S) groups is 1. The van der Waals surface area contributed by atoms with Crippen molar-refractivity contribution >= 4 is 23.6 Å². The summed E-state index contributed by atoms with van der Waals surface area (Å²) in [6, 6.07) is 0.414. The minimum absolute atomic E-state index is 0.0255. The van der Waals surface area contributed by atoms with Crippen LogP contribution in [0.15, 0.2) is 24.1 Å². The van der Waals surface area contributed by atoms with Crippen LogP contribution in [-0.2, 0) is 9.53 Å². The van der Waals surface area contributed by atoms with Gasteiger partial charge in [-0.05, 0) is 72.1 Å². The van der Waals surface area contributed by atoms with Crippen LogP contribution in [-0.4, -0.2) is 60.2 Å². The van der Waals surface area contributed by atoms with Gasteiger partial charge in [0.1, 0.15) is 5.83 Å². The van der Waals surface area contributed by atoms with Crippen LogP contribution in [0.1, 0.15) is 88.5 Å². The van der Waals surface area contributed by atoms with E-state index in [9.17, 15) is 9.18 Å². The highest BCUT2D eigenvalue weighted by Gasteiger charge is 2.68. The molecule has 7 heteroatoms. The van der Waals surface area contributed by atoms with Crippen molar-refractivity contribution in [3.05, 3.63) is 24.1 Å². The second-order valence-electron chi connectivity index (χ2n) is 11.1. The van der Waals surface area contributed by atoms with Crippen LogP contribution in [0.4, 0.5) is 4.39 Å². The van der Waals surface area contributed by atoms with Gasteiger partial charge in [-0.15, -0.1) is 0 Å². The van der Waals surface area contributed by atoms with Crippen LogP contribution in [0.2, 0.25) is 0 Å². The Morgan fingerprint density at radius 2 is 1.92 bits per heavy atom. The van der Waals surface area contributed by atoms with Crippen molar-refractivity contribution < 1.29 is 13.9 Å². The summed E-state index contributed by atoms with van der Waals surface area (Å²) in [6.45, 7) is 22.6. The van der Waals surface area contributed by atoms with Crippen LogP contribution in [0.5, 0.6) is 0 Å². The zero-order chi connectivity index (χ0) is 28.2. The van der Waals surface area contributed by atoms with Gasteiger partial charge in [-0.25, -0.2) is 4.39 Å². The Bertz CT molecular complexity index is 737. The van der Waals surface area contributed by atoms with Crippen LogP contribution >= 0.6 is 12.2 Å². The number of rotatable bonds is 9. The summed E-state index contributed by atoms with van der Waals surface area (Å²) in [6.07, 6.45) is 8.56. The number of hydrogen-bond acceptors (Lipinski definition) is 4. The molecule has 1 saturated carbocycles. The molecule has 4 rings (SSSR count). The summed E-state index contributed by atoms with van der Waals surface area (Å²) in [5.74, 6) is 0.752. The van der Waals surface area contributed by atoms with Crippen molar-refractivity contribution in [3.63, 3.8) is 0 Å². The highest BCUT2D eigenvalue weighted by molar-refractivity contribution is 7.78. The standard InChI is InChI=1S/C19H29FN2OS.C6H13NO.2C2H6/c1-14(8-15(2)21-13-24)10-22(3)7-6-19-11-18(12-23-19)5-4-16(20)9-17(18)19;1-5(8)7-6(2,3)4;2*1-2/h4-5,9,13-15,17H,6-8,10-12H2,1-3H3,(H,21,24);1-4H3,(H,7,8);2*1-2H3/t14?,15?,17?,18-,19?;;;/m1.../s1. The molecule has 2 saturated heterocycles. The molecule has 4 unspecified atom stereocenters. The minimum Gasteiger partial charge on any atom is -0.380 e. The fourth-order valence-corrected chi connectivity index (χ4v) is 5.66. The van der Waals surface area contributed by atoms with E-state index in [1.165, 1.54) is 6.92 Å². The van der Waals surface area contributed by atoms with Gasteiger partial charge in [0.2, 0.25) is 5.91 Å². The third-order valence-corrected chi connectivity index (χ3v) is 6.68. The van der Waals surface area contributed by atoms with E-state index in [0.29, 0.717) is 12.0 Å². The van der Waals surface area contributed by atoms with E-state index in [0.717, 1.165) is 39.0 Å². The molecule has 4 aliphatic rings. The monoisotopic (exact) mass is 527 g/mol. The van der Waals surface area contributed by atoms with Crippen molar-refractivity contribution in [3.8, 4) is 0 Å². The molecular weight excluding hydrogens is 473 g/mol. The maximum absolute atomic E-state index is 13.6. The Morgan fingerprint density at radius 3 is 2.42 bits per heavy atom. The van der Waals surface area contributed by atoms with Gasteiger partial charge in [0.15, 0.2) is 0 Å². The van der Waals surface area contributed by atoms with Gasteiger partial charge in [-0.2, -0.15) is 0 Å². The molecule has 2 aliphatic carbocycles. The van der Waals surface area contributed by atoms with Crippen molar-refractivity contribution in [1.29, 1.82) is 0 Å². The predicted molar refractivity (Wildman–Crippen MR) is 156 cm³/mol. The molecule has 1 amide bonds. The zero-order valence-electron chi connectivity index (χ0n) is 24.8. The SMILES string of the molecule is CC.CC.CC(=O)NC(C)(C)C.CC(CC(C)NC=S)CN(C)CCC12C[C@]3(C=CC(F)=CC13)CO2. The van der Waals surface area contributed by atoms with E-state index < -0.39 is 0 Å². The average Bonchev–Trinajstić information content (AvgIpc) is 3.30. The number of nitrogens with one attached hydrogen (secondary N) is 2. The van der Waals surface area contributed by atoms with E-state index in [-0.39, 0.29) is 34.2 Å². The summed E-state index contributed by atoms with van der Waals surface area (Å²) >= 11 is 4.85. The molecule has 2 heterocycles. The molecule has 2 bridgehead atoms. The second kappa shape index (κ2) is 15.8. The van der Waals surface area contributed by atoms with Gasteiger partial charge in [0.25, 0.3) is 0 Å². The van der Waals surface area contributed by atoms with E-state index in [4.69, 9.17) is 17.0 Å². The molecule has 210 valence electrons. The molecular formula is C29H54FN3O2S. The van der Waals surface area contributed by atoms with Gasteiger partial charge in [-0.1, -0.05) is 52.9 Å². The number of nitrogens with zero attached hydrogens (tertiary/aromatic N) is 1. The van der Waals surface area contributed by atoms with E-state index in [1.807, 2.05) is 54.5 Å². The van der Waals surface area contributed by atoms with Crippen LogP contribution in [0, 0.1) is 17.3 Å². The van der Waals surface area contributed by atoms with Gasteiger partial charge < -0.3 is 20.3 Å². The zero-order valence-corrected chi connectivity index (χ0v) is 25.7. The molecule has 2 aliphatic heterocycles. The maximum Gasteiger partial charge on any atom is 0.217 e. The smallest absolute Gasteiger partial charge is 0.217 e. The molecule has 5 nitrogen and oxygen atoms in total. The molecule has 3 fully saturated rings. The highest BCUT2D eigenvalue weighted by Crippen LogP contribution is 2.66. The number of ether oxygens (including phenoxy) is 1. The van der Waals surface area contributed by atoms with Crippen molar-refractivity contribution in [2.45, 2.75) is 106 Å².